The molecule has 2 unspecified atom stereocenters. The van der Waals surface area contributed by atoms with Gasteiger partial charge in [0.1, 0.15) is 97.4 Å². The van der Waals surface area contributed by atoms with Crippen LogP contribution in [0.3, 0.4) is 0 Å². The van der Waals surface area contributed by atoms with Crippen molar-refractivity contribution in [1.29, 1.82) is 0 Å². The van der Waals surface area contributed by atoms with Gasteiger partial charge in [0.05, 0.1) is 26.4 Å². The Balaban J connectivity index is 1.44. The third-order valence-electron chi connectivity index (χ3n) is 13.4. The first kappa shape index (κ1) is 62.5. The summed E-state index contributed by atoms with van der Waals surface area (Å²) in [7, 11) is 0. The van der Waals surface area contributed by atoms with E-state index in [4.69, 9.17) is 33.2 Å². The third kappa shape index (κ3) is 18.3. The summed E-state index contributed by atoms with van der Waals surface area (Å²) >= 11 is 0. The highest BCUT2D eigenvalue weighted by Gasteiger charge is 2.56. The summed E-state index contributed by atoms with van der Waals surface area (Å²) in [5.74, 6) is -2.65. The number of rotatable bonds is 29. The smallest absolute Gasteiger partial charge is 0.220 e. The lowest BCUT2D eigenvalue weighted by molar-refractivity contribution is -0.362. The van der Waals surface area contributed by atoms with E-state index in [1.807, 2.05) is 0 Å². The Morgan fingerprint density at radius 1 is 0.438 bits per heavy atom. The van der Waals surface area contributed by atoms with Crippen LogP contribution in [0.1, 0.15) is 118 Å². The molecule has 4 amide bonds. The van der Waals surface area contributed by atoms with Gasteiger partial charge in [-0.15, -0.1) is 0 Å². The summed E-state index contributed by atoms with van der Waals surface area (Å²) in [6.07, 6.45) is -8.66. The van der Waals surface area contributed by atoms with E-state index in [2.05, 4.69) is 40.3 Å². The summed E-state index contributed by atoms with van der Waals surface area (Å²) < 4.78 is 41.4. The van der Waals surface area contributed by atoms with Gasteiger partial charge in [0, 0.05) is 27.2 Å². The van der Waals surface area contributed by atoms with E-state index in [1.165, 1.54) is 32.1 Å². The summed E-state index contributed by atoms with van der Waals surface area (Å²) in [5, 5.41) is 119. The zero-order valence-electron chi connectivity index (χ0n) is 42.4. The van der Waals surface area contributed by atoms with Gasteiger partial charge in [0.25, 0.3) is 0 Å². The quantitative estimate of drug-likeness (QED) is 0.0260. The first-order valence-electron chi connectivity index (χ1n) is 25.8. The van der Waals surface area contributed by atoms with Crippen LogP contribution in [-0.2, 0) is 52.3 Å². The molecule has 4 heterocycles. The van der Waals surface area contributed by atoms with Crippen molar-refractivity contribution in [2.75, 3.05) is 26.4 Å². The minimum Gasteiger partial charge on any atom is -0.394 e. The number of aliphatic hydroxyl groups excluding tert-OH is 10. The van der Waals surface area contributed by atoms with Crippen LogP contribution in [0.4, 0.5) is 0 Å². The van der Waals surface area contributed by atoms with Crippen LogP contribution in [0.25, 0.3) is 0 Å². The van der Waals surface area contributed by atoms with Crippen LogP contribution in [-0.4, -0.2) is 224 Å². The molecule has 422 valence electrons. The highest BCUT2D eigenvalue weighted by molar-refractivity contribution is 5.76. The third-order valence-corrected chi connectivity index (χ3v) is 13.4. The number of aliphatic hydroxyl groups is 10. The zero-order valence-corrected chi connectivity index (χ0v) is 42.4. The SMILES string of the molecule is CCCCCCC/C=C/CCCCCCCCC(=O)N[C@H]1[C@H](O[C@H]2C(O)[C@@H](NC(C)=O)[C@H](O[C@H]3[C@H](O)[C@@H](NC(C)=O)[C@H](O[C@H]4C(O)[C@@H](NC(C)=O)[C@H](O)O[C@@H]4CO)O[C@@H]3CO)O[C@@H]2CO)O[C@H](CO)[C@@H](O)[C@@H]1O. The summed E-state index contributed by atoms with van der Waals surface area (Å²) in [6.45, 7) is 2.04. The van der Waals surface area contributed by atoms with Crippen LogP contribution in [0.5, 0.6) is 0 Å². The topological polar surface area (TPSA) is 383 Å². The van der Waals surface area contributed by atoms with E-state index >= 15 is 0 Å². The lowest BCUT2D eigenvalue weighted by atomic mass is 9.93. The van der Waals surface area contributed by atoms with Crippen molar-refractivity contribution in [3.63, 3.8) is 0 Å². The number of nitrogens with one attached hydrogen (secondary N) is 4. The van der Waals surface area contributed by atoms with Crippen molar-refractivity contribution in [2.24, 2.45) is 0 Å². The van der Waals surface area contributed by atoms with Crippen molar-refractivity contribution >= 4 is 23.6 Å². The molecule has 14 N–H and O–H groups in total. The fourth-order valence-electron chi connectivity index (χ4n) is 9.55. The fourth-order valence-corrected chi connectivity index (χ4v) is 9.55. The van der Waals surface area contributed by atoms with Crippen molar-refractivity contribution < 1.29 is 103 Å². The molecule has 0 saturated carbocycles. The average Bonchev–Trinajstić information content (AvgIpc) is 3.35. The average molecular weight is 1050 g/mol. The number of hydrogen-bond donors (Lipinski definition) is 14. The standard InChI is InChI=1S/C48H84N4O21/c1-5-6-7-8-9-10-11-12-13-14-15-16-17-18-19-20-32(60)52-34-38(62)37(61)28(21-53)68-46(34)72-43-30(23-55)70-48(36(40(43)64)51-27(4)59)73-44-31(24-56)69-47(35(41(44)65)50-26(3)58)71-42-29(22-54)67-45(66)33(39(42)63)49-25(2)57/h11-12,28-31,33-48,53-56,61-66H,5-10,13-24H2,1-4H3,(H,49,57)(H,50,58)(H,51,59)(H,52,60)/b12-11+/t28-,29-,30-,31-,33-,34-,35-,36-,37-,38-,39?,40?,41-,42-,43-,44-,45-,46+,47+,48+/m1/s1. The van der Waals surface area contributed by atoms with Crippen LogP contribution < -0.4 is 21.3 Å². The Kier molecular flexibility index (Phi) is 27.3. The normalized spacial score (nSPS) is 36.9. The molecule has 4 rings (SSSR count). The van der Waals surface area contributed by atoms with E-state index < -0.39 is 173 Å². The van der Waals surface area contributed by atoms with Crippen molar-refractivity contribution in [3.05, 3.63) is 12.2 Å². The molecule has 0 spiro atoms. The van der Waals surface area contributed by atoms with Gasteiger partial charge in [-0.1, -0.05) is 70.4 Å². The highest BCUT2D eigenvalue weighted by Crippen LogP contribution is 2.34. The zero-order chi connectivity index (χ0) is 53.8. The second-order valence-electron chi connectivity index (χ2n) is 19.3. The molecule has 0 aromatic carbocycles. The molecule has 20 atom stereocenters. The molecular weight excluding hydrogens is 969 g/mol. The molecule has 0 radical (unpaired) electrons. The summed E-state index contributed by atoms with van der Waals surface area (Å²) in [6, 6.07) is -6.17. The van der Waals surface area contributed by atoms with Gasteiger partial charge in [-0.3, -0.25) is 19.2 Å². The van der Waals surface area contributed by atoms with E-state index in [0.717, 1.165) is 65.7 Å². The number of carbonyl (C=O) groups is 4. The highest BCUT2D eigenvalue weighted by atomic mass is 16.8. The first-order chi connectivity index (χ1) is 34.9. The molecule has 0 aromatic rings. The number of allylic oxidation sites excluding steroid dienone is 2. The Bertz CT molecular complexity index is 1690. The summed E-state index contributed by atoms with van der Waals surface area (Å²) in [5.41, 5.74) is 0. The van der Waals surface area contributed by atoms with Crippen LogP contribution in [0, 0.1) is 0 Å². The monoisotopic (exact) mass is 1050 g/mol. The second-order valence-corrected chi connectivity index (χ2v) is 19.3. The van der Waals surface area contributed by atoms with Gasteiger partial charge in [-0.2, -0.15) is 0 Å². The van der Waals surface area contributed by atoms with Crippen molar-refractivity contribution in [3.8, 4) is 0 Å². The van der Waals surface area contributed by atoms with Crippen LogP contribution in [0.2, 0.25) is 0 Å². The van der Waals surface area contributed by atoms with Gasteiger partial charge in [0.2, 0.25) is 23.6 Å². The van der Waals surface area contributed by atoms with Gasteiger partial charge >= 0.3 is 0 Å². The molecule has 4 aliphatic heterocycles. The molecule has 0 bridgehead atoms. The number of unbranched alkanes of at least 4 members (excludes halogenated alkanes) is 11. The van der Waals surface area contributed by atoms with E-state index in [-0.39, 0.29) is 6.42 Å². The molecular formula is C48H84N4O21. The van der Waals surface area contributed by atoms with Gasteiger partial charge in [-0.05, 0) is 32.1 Å². The number of hydrogen-bond acceptors (Lipinski definition) is 21. The molecule has 25 nitrogen and oxygen atoms in total. The van der Waals surface area contributed by atoms with Gasteiger partial charge in [0.15, 0.2) is 25.2 Å². The Labute approximate surface area is 426 Å². The predicted octanol–water partition coefficient (Wildman–Crippen LogP) is -3.16. The Morgan fingerprint density at radius 3 is 1.22 bits per heavy atom. The lowest BCUT2D eigenvalue weighted by Crippen LogP contribution is -2.71. The van der Waals surface area contributed by atoms with Crippen molar-refractivity contribution in [1.82, 2.24) is 21.3 Å². The second kappa shape index (κ2) is 31.9. The number of amides is 4. The maximum atomic E-state index is 13.3. The Hall–Kier alpha value is -3.06. The molecule has 0 aliphatic carbocycles. The van der Waals surface area contributed by atoms with Crippen molar-refractivity contribution in [2.45, 2.75) is 240 Å². The first-order valence-corrected chi connectivity index (χ1v) is 25.8. The molecule has 25 heteroatoms. The largest absolute Gasteiger partial charge is 0.394 e. The van der Waals surface area contributed by atoms with E-state index in [9.17, 15) is 70.2 Å². The molecule has 0 aromatic heterocycles. The predicted molar refractivity (Wildman–Crippen MR) is 254 cm³/mol. The molecule has 4 saturated heterocycles. The molecule has 4 aliphatic rings. The number of ether oxygens (including phenoxy) is 7. The van der Waals surface area contributed by atoms with E-state index in [1.54, 1.807) is 0 Å². The fraction of sp³-hybridized carbons (Fsp3) is 0.875. The lowest BCUT2D eigenvalue weighted by Gasteiger charge is -2.51. The van der Waals surface area contributed by atoms with Gasteiger partial charge < -0.3 is 105 Å². The molecule has 73 heavy (non-hydrogen) atoms. The molecule has 4 fully saturated rings. The van der Waals surface area contributed by atoms with E-state index in [0.29, 0.717) is 6.42 Å². The summed E-state index contributed by atoms with van der Waals surface area (Å²) in [4.78, 5) is 50.3. The van der Waals surface area contributed by atoms with Gasteiger partial charge in [-0.25, -0.2) is 0 Å². The Morgan fingerprint density at radius 2 is 0.795 bits per heavy atom. The van der Waals surface area contributed by atoms with Crippen LogP contribution in [0.15, 0.2) is 12.2 Å². The minimum absolute atomic E-state index is 0.0546. The maximum Gasteiger partial charge on any atom is 0.220 e. The maximum absolute atomic E-state index is 13.3. The minimum atomic E-state index is -1.90. The number of carbonyl (C=O) groups excluding carboxylic acids is 4. The van der Waals surface area contributed by atoms with Crippen LogP contribution >= 0.6 is 0 Å².